The molecule has 1 fully saturated rings. The number of hydrogen-bond acceptors (Lipinski definition) is 11. The Balaban J connectivity index is 1.23. The van der Waals surface area contributed by atoms with Crippen molar-refractivity contribution < 1.29 is 47.9 Å². The number of unbranched alkanes of at least 4 members (excludes halogenated alkanes) is 1. The molecule has 1 atom stereocenters. The summed E-state index contributed by atoms with van der Waals surface area (Å²) in [7, 11) is 9.37. The molecule has 2 aliphatic rings. The highest BCUT2D eigenvalue weighted by molar-refractivity contribution is 5.94. The molecule has 1 saturated heterocycles. The van der Waals surface area contributed by atoms with E-state index in [0.717, 1.165) is 38.8 Å². The molecule has 0 bridgehead atoms. The number of aliphatic hydroxyl groups excluding tert-OH is 1. The number of hydrogen-bond donors (Lipinski definition) is 2. The van der Waals surface area contributed by atoms with Gasteiger partial charge in [0.05, 0.1) is 54.8 Å². The lowest BCUT2D eigenvalue weighted by Gasteiger charge is -2.31. The van der Waals surface area contributed by atoms with Gasteiger partial charge in [-0.25, -0.2) is 0 Å². The first kappa shape index (κ1) is 35.7. The standard InChI is InChI=1S/C37H46N2O10/c1-42-26-12-10-23(11-13-26)37(41)38-25-14-16-39(17-15-25)48-18-8-7-9-28-34(40)33-29(44-3)21-27(43-2)22-30(33)49-35(28)24-19-31(45-4)36(47-6)32(20-24)46-5/h10-13,19-22,25,34,40H,7-9,14-18H2,1-6H3,(H,38,41). The lowest BCUT2D eigenvalue weighted by atomic mass is 9.90. The van der Waals surface area contributed by atoms with Gasteiger partial charge in [0.2, 0.25) is 5.75 Å². The van der Waals surface area contributed by atoms with Gasteiger partial charge in [0, 0.05) is 48.0 Å². The van der Waals surface area contributed by atoms with Crippen molar-refractivity contribution in [2.75, 3.05) is 62.4 Å². The third-order valence-corrected chi connectivity index (χ3v) is 8.82. The average molecular weight is 679 g/mol. The van der Waals surface area contributed by atoms with Crippen LogP contribution in [0.2, 0.25) is 0 Å². The molecule has 3 aromatic rings. The van der Waals surface area contributed by atoms with Gasteiger partial charge in [0.25, 0.3) is 5.91 Å². The number of piperidine rings is 1. The Morgan fingerprint density at radius 3 is 2.06 bits per heavy atom. The molecule has 3 aromatic carbocycles. The minimum Gasteiger partial charge on any atom is -0.497 e. The van der Waals surface area contributed by atoms with Crippen LogP contribution >= 0.6 is 0 Å². The summed E-state index contributed by atoms with van der Waals surface area (Å²) < 4.78 is 39.5. The summed E-state index contributed by atoms with van der Waals surface area (Å²) in [4.78, 5) is 18.8. The van der Waals surface area contributed by atoms with Gasteiger partial charge in [-0.15, -0.1) is 0 Å². The molecule has 0 aliphatic carbocycles. The molecule has 5 rings (SSSR count). The fraction of sp³-hybridized carbons (Fsp3) is 0.432. The van der Waals surface area contributed by atoms with E-state index in [-0.39, 0.29) is 11.9 Å². The van der Waals surface area contributed by atoms with E-state index >= 15 is 0 Å². The number of carbonyl (C=O) groups is 1. The predicted octanol–water partition coefficient (Wildman–Crippen LogP) is 5.57. The Morgan fingerprint density at radius 1 is 0.816 bits per heavy atom. The van der Waals surface area contributed by atoms with Gasteiger partial charge < -0.3 is 43.6 Å². The molecule has 12 heteroatoms. The van der Waals surface area contributed by atoms with Crippen LogP contribution in [0.1, 0.15) is 59.7 Å². The molecule has 49 heavy (non-hydrogen) atoms. The minimum atomic E-state index is -0.994. The maximum Gasteiger partial charge on any atom is 0.251 e. The van der Waals surface area contributed by atoms with Gasteiger partial charge in [-0.05, 0) is 68.5 Å². The Labute approximate surface area is 287 Å². The number of hydroxylamine groups is 2. The molecule has 1 unspecified atom stereocenters. The Kier molecular flexibility index (Phi) is 12.1. The van der Waals surface area contributed by atoms with Crippen LogP contribution in [0.4, 0.5) is 0 Å². The molecule has 1 amide bonds. The highest BCUT2D eigenvalue weighted by atomic mass is 16.7. The molecule has 12 nitrogen and oxygen atoms in total. The summed E-state index contributed by atoms with van der Waals surface area (Å²) in [5, 5.41) is 16.9. The van der Waals surface area contributed by atoms with Crippen LogP contribution in [0, 0.1) is 0 Å². The van der Waals surface area contributed by atoms with E-state index < -0.39 is 6.10 Å². The summed E-state index contributed by atoms with van der Waals surface area (Å²) in [6.07, 6.45) is 2.60. The molecule has 0 radical (unpaired) electrons. The molecular weight excluding hydrogens is 632 g/mol. The lowest BCUT2D eigenvalue weighted by Crippen LogP contribution is -2.44. The Hall–Kier alpha value is -4.65. The number of carbonyl (C=O) groups excluding carboxylic acids is 1. The highest BCUT2D eigenvalue weighted by Crippen LogP contribution is 2.50. The number of nitrogens with zero attached hydrogens (tertiary/aromatic N) is 1. The Bertz CT molecular complexity index is 1590. The smallest absolute Gasteiger partial charge is 0.251 e. The number of benzene rings is 3. The summed E-state index contributed by atoms with van der Waals surface area (Å²) in [5.41, 5.74) is 2.50. The Morgan fingerprint density at radius 2 is 1.47 bits per heavy atom. The fourth-order valence-electron chi connectivity index (χ4n) is 6.15. The summed E-state index contributed by atoms with van der Waals surface area (Å²) >= 11 is 0. The van der Waals surface area contributed by atoms with Crippen molar-refractivity contribution in [3.8, 4) is 40.2 Å². The zero-order valence-corrected chi connectivity index (χ0v) is 29.0. The van der Waals surface area contributed by atoms with Gasteiger partial charge in [-0.3, -0.25) is 9.63 Å². The van der Waals surface area contributed by atoms with Crippen LogP contribution in [-0.4, -0.2) is 84.5 Å². The molecule has 2 aliphatic heterocycles. The topological polar surface area (TPSA) is 126 Å². The normalized spacial score (nSPS) is 16.3. The minimum absolute atomic E-state index is 0.0858. The van der Waals surface area contributed by atoms with Crippen molar-refractivity contribution in [3.63, 3.8) is 0 Å². The quantitative estimate of drug-likeness (QED) is 0.196. The van der Waals surface area contributed by atoms with Crippen LogP contribution in [0.3, 0.4) is 0 Å². The molecular formula is C37H46N2O10. The molecule has 0 saturated carbocycles. The van der Waals surface area contributed by atoms with Gasteiger partial charge in [-0.1, -0.05) is 0 Å². The molecule has 2 N–H and O–H groups in total. The number of nitrogens with one attached hydrogen (secondary N) is 1. The van der Waals surface area contributed by atoms with E-state index in [1.165, 1.54) is 0 Å². The first-order chi connectivity index (χ1) is 23.8. The van der Waals surface area contributed by atoms with Crippen LogP contribution in [0.5, 0.6) is 40.2 Å². The maximum atomic E-state index is 12.7. The zero-order chi connectivity index (χ0) is 34.9. The number of amides is 1. The van der Waals surface area contributed by atoms with E-state index in [1.54, 1.807) is 91.2 Å². The van der Waals surface area contributed by atoms with E-state index in [4.69, 9.17) is 38.0 Å². The van der Waals surface area contributed by atoms with Crippen LogP contribution in [0.15, 0.2) is 54.1 Å². The van der Waals surface area contributed by atoms with E-state index in [1.807, 2.05) is 5.06 Å². The molecule has 0 spiro atoms. The largest absolute Gasteiger partial charge is 0.497 e. The van der Waals surface area contributed by atoms with E-state index in [0.29, 0.717) is 81.3 Å². The number of ether oxygens (including phenoxy) is 7. The third kappa shape index (κ3) is 8.15. The van der Waals surface area contributed by atoms with Gasteiger partial charge >= 0.3 is 0 Å². The van der Waals surface area contributed by atoms with Crippen molar-refractivity contribution in [1.82, 2.24) is 10.4 Å². The van der Waals surface area contributed by atoms with Crippen molar-refractivity contribution >= 4 is 11.7 Å². The second kappa shape index (κ2) is 16.6. The number of rotatable bonds is 15. The number of methoxy groups -OCH3 is 6. The second-order valence-corrected chi connectivity index (χ2v) is 11.7. The summed E-state index contributed by atoms with van der Waals surface area (Å²) in [5.74, 6) is 3.95. The monoisotopic (exact) mass is 678 g/mol. The molecule has 264 valence electrons. The van der Waals surface area contributed by atoms with E-state index in [9.17, 15) is 9.90 Å². The van der Waals surface area contributed by atoms with E-state index in [2.05, 4.69) is 5.32 Å². The fourth-order valence-corrected chi connectivity index (χ4v) is 6.15. The van der Waals surface area contributed by atoms with Crippen molar-refractivity contribution in [1.29, 1.82) is 0 Å². The highest BCUT2D eigenvalue weighted by Gasteiger charge is 2.33. The second-order valence-electron chi connectivity index (χ2n) is 11.7. The maximum absolute atomic E-state index is 12.7. The van der Waals surface area contributed by atoms with Crippen LogP contribution < -0.4 is 38.5 Å². The predicted molar refractivity (Wildman–Crippen MR) is 183 cm³/mol. The zero-order valence-electron chi connectivity index (χ0n) is 29.0. The summed E-state index contributed by atoms with van der Waals surface area (Å²) in [6.45, 7) is 1.96. The summed E-state index contributed by atoms with van der Waals surface area (Å²) in [6, 6.07) is 14.3. The number of fused-ring (bicyclic) bond motifs is 1. The van der Waals surface area contributed by atoms with Crippen LogP contribution in [-0.2, 0) is 4.84 Å². The molecule has 0 aromatic heterocycles. The SMILES string of the molecule is COc1ccc(C(=O)NC2CCN(OCCCCC3=C(c4cc(OC)c(OC)c(OC)c4)Oc4cc(OC)cc(OC)c4C3O)CC2)cc1. The van der Waals surface area contributed by atoms with Gasteiger partial charge in [-0.2, -0.15) is 5.06 Å². The van der Waals surface area contributed by atoms with Crippen molar-refractivity contribution in [2.24, 2.45) is 0 Å². The lowest BCUT2D eigenvalue weighted by molar-refractivity contribution is -0.171. The number of aliphatic hydroxyl groups is 1. The first-order valence-corrected chi connectivity index (χ1v) is 16.3. The first-order valence-electron chi connectivity index (χ1n) is 16.3. The van der Waals surface area contributed by atoms with Crippen molar-refractivity contribution in [2.45, 2.75) is 44.2 Å². The van der Waals surface area contributed by atoms with Crippen molar-refractivity contribution in [3.05, 3.63) is 70.8 Å². The average Bonchev–Trinajstić information content (AvgIpc) is 3.14. The van der Waals surface area contributed by atoms with Crippen LogP contribution in [0.25, 0.3) is 5.76 Å². The van der Waals surface area contributed by atoms with Gasteiger partial charge in [0.1, 0.15) is 34.9 Å². The third-order valence-electron chi connectivity index (χ3n) is 8.82. The van der Waals surface area contributed by atoms with Gasteiger partial charge in [0.15, 0.2) is 11.5 Å². The molecule has 2 heterocycles.